The van der Waals surface area contributed by atoms with E-state index in [1.807, 2.05) is 0 Å². The van der Waals surface area contributed by atoms with Crippen LogP contribution in [0.1, 0.15) is 41.5 Å². The number of hydrogen-bond acceptors (Lipinski definition) is 21. The summed E-state index contributed by atoms with van der Waals surface area (Å²) in [5, 5.41) is 19.1. The predicted octanol–water partition coefficient (Wildman–Crippen LogP) is -4.86. The third-order valence-corrected chi connectivity index (χ3v) is 7.87. The summed E-state index contributed by atoms with van der Waals surface area (Å²) in [4.78, 5) is 122. The molecule has 0 aromatic carbocycles. The van der Waals surface area contributed by atoms with Crippen molar-refractivity contribution in [2.24, 2.45) is 0 Å². The Balaban J connectivity index is 2.08. The number of aliphatic hydroxyl groups is 1. The molecule has 0 radical (unpaired) electrons. The molecule has 0 saturated carbocycles. The zero-order valence-corrected chi connectivity index (χ0v) is 32.8. The summed E-state index contributed by atoms with van der Waals surface area (Å²) in [6, 6.07) is -2.96. The molecule has 2 saturated heterocycles. The quantitative estimate of drug-likeness (QED) is 0.0553. The standard InChI is InChI=1S/C33H48N4O21/c1-13(38)51-11-20-24(53-15(3)40)26(55-17(5)42)22(32(49-7)57-20)36-30(47)28(45)34-9-19(44)10-35-29(46)31(48)37-23-27(56-18(6)43)25(54-16(4)41)21(12-52-14(2)39)58-33(23)50-8/h19-27,32-33,44H,9-12H2,1-8H3,(H,34,45)(H,35,46)(H,36,47)(H,37,48)/t20-,21-,22-,23-,24-,25-,26-,27-,32+,33+/m1/s1. The van der Waals surface area contributed by atoms with Gasteiger partial charge in [-0.2, -0.15) is 0 Å². The summed E-state index contributed by atoms with van der Waals surface area (Å²) in [5.41, 5.74) is 0. The Bertz CT molecular complexity index is 1430. The van der Waals surface area contributed by atoms with E-state index in [2.05, 4.69) is 21.3 Å². The summed E-state index contributed by atoms with van der Waals surface area (Å²) < 4.78 is 53.0. The maximum Gasteiger partial charge on any atom is 0.309 e. The summed E-state index contributed by atoms with van der Waals surface area (Å²) in [6.07, 6.45) is -12.9. The Labute approximate surface area is 330 Å². The predicted molar refractivity (Wildman–Crippen MR) is 183 cm³/mol. The fraction of sp³-hybridized carbons (Fsp3) is 0.697. The number of carbonyl (C=O) groups is 10. The minimum Gasteiger partial charge on any atom is -0.463 e. The molecule has 5 N–H and O–H groups in total. The average Bonchev–Trinajstić information content (AvgIpc) is 3.13. The van der Waals surface area contributed by atoms with Crippen molar-refractivity contribution in [3.05, 3.63) is 0 Å². The number of rotatable bonds is 16. The molecule has 2 aliphatic rings. The smallest absolute Gasteiger partial charge is 0.309 e. The van der Waals surface area contributed by atoms with Gasteiger partial charge in [0.25, 0.3) is 0 Å². The number of hydrogen-bond donors (Lipinski definition) is 5. The van der Waals surface area contributed by atoms with Crippen LogP contribution in [0.3, 0.4) is 0 Å². The van der Waals surface area contributed by atoms with Gasteiger partial charge in [-0.25, -0.2) is 0 Å². The molecular formula is C33H48N4O21. The first kappa shape index (κ1) is 48.6. The Hall–Kier alpha value is -5.50. The zero-order valence-electron chi connectivity index (χ0n) is 32.8. The number of nitrogens with one attached hydrogen (secondary N) is 4. The van der Waals surface area contributed by atoms with Crippen molar-refractivity contribution in [2.45, 2.75) is 109 Å². The third kappa shape index (κ3) is 15.1. The van der Waals surface area contributed by atoms with Gasteiger partial charge >= 0.3 is 59.4 Å². The van der Waals surface area contributed by atoms with Crippen LogP contribution in [-0.4, -0.2) is 172 Å². The molecule has 0 spiro atoms. The number of ether oxygens (including phenoxy) is 10. The Kier molecular flexibility index (Phi) is 19.3. The van der Waals surface area contributed by atoms with Crippen molar-refractivity contribution in [1.29, 1.82) is 0 Å². The molecule has 0 aliphatic carbocycles. The van der Waals surface area contributed by atoms with Gasteiger partial charge in [0.15, 0.2) is 37.0 Å². The molecule has 2 heterocycles. The second-order valence-corrected chi connectivity index (χ2v) is 12.5. The van der Waals surface area contributed by atoms with Crippen LogP contribution in [0.2, 0.25) is 0 Å². The molecule has 25 heteroatoms. The van der Waals surface area contributed by atoms with Crippen molar-refractivity contribution in [1.82, 2.24) is 21.3 Å². The van der Waals surface area contributed by atoms with Crippen molar-refractivity contribution in [3.63, 3.8) is 0 Å². The van der Waals surface area contributed by atoms with E-state index >= 15 is 0 Å². The van der Waals surface area contributed by atoms with E-state index in [9.17, 15) is 53.1 Å². The van der Waals surface area contributed by atoms with Gasteiger partial charge in [-0.1, -0.05) is 0 Å². The van der Waals surface area contributed by atoms with Crippen LogP contribution in [0, 0.1) is 0 Å². The summed E-state index contributed by atoms with van der Waals surface area (Å²) >= 11 is 0. The van der Waals surface area contributed by atoms with E-state index in [-0.39, 0.29) is 0 Å². The molecule has 25 nitrogen and oxygen atoms in total. The van der Waals surface area contributed by atoms with Crippen LogP contribution in [-0.2, 0) is 95.3 Å². The molecule has 0 aromatic rings. The normalized spacial score (nSPS) is 26.4. The lowest BCUT2D eigenvalue weighted by atomic mass is 9.96. The number of amides is 4. The highest BCUT2D eigenvalue weighted by Gasteiger charge is 2.53. The van der Waals surface area contributed by atoms with Gasteiger partial charge in [-0.3, -0.25) is 47.9 Å². The molecule has 326 valence electrons. The average molecular weight is 837 g/mol. The minimum absolute atomic E-state index is 0.477. The van der Waals surface area contributed by atoms with Crippen molar-refractivity contribution in [2.75, 3.05) is 40.5 Å². The molecule has 58 heavy (non-hydrogen) atoms. The lowest BCUT2D eigenvalue weighted by Crippen LogP contribution is -2.67. The summed E-state index contributed by atoms with van der Waals surface area (Å²) in [5.74, 6) is -10.4. The van der Waals surface area contributed by atoms with Crippen LogP contribution >= 0.6 is 0 Å². The second kappa shape index (κ2) is 23.0. The maximum atomic E-state index is 12.9. The fourth-order valence-corrected chi connectivity index (χ4v) is 5.60. The van der Waals surface area contributed by atoms with E-state index in [1.54, 1.807) is 0 Å². The third-order valence-electron chi connectivity index (χ3n) is 7.87. The van der Waals surface area contributed by atoms with Crippen LogP contribution in [0.4, 0.5) is 0 Å². The Morgan fingerprint density at radius 1 is 0.500 bits per heavy atom. The van der Waals surface area contributed by atoms with Gasteiger partial charge in [-0.05, 0) is 0 Å². The van der Waals surface area contributed by atoms with Gasteiger partial charge in [0.2, 0.25) is 0 Å². The van der Waals surface area contributed by atoms with E-state index in [4.69, 9.17) is 47.4 Å². The lowest BCUT2D eigenvalue weighted by molar-refractivity contribution is -0.271. The SMILES string of the molecule is CO[C@H]1O[C@H](COC(C)=O)[C@@H](OC(C)=O)[C@H](OC(C)=O)[C@H]1NC(=O)C(=O)NCC(O)CNC(=O)C(=O)N[C@H]1[C@@H](OC)O[C@H](COC(C)=O)[C@@H](OC(C)=O)[C@@H]1OC(C)=O. The number of aliphatic hydroxyl groups excluding tert-OH is 1. The molecule has 2 aliphatic heterocycles. The van der Waals surface area contributed by atoms with Gasteiger partial charge in [0.05, 0.1) is 6.10 Å². The highest BCUT2D eigenvalue weighted by molar-refractivity contribution is 6.35. The molecule has 10 atom stereocenters. The minimum atomic E-state index is -1.60. The van der Waals surface area contributed by atoms with Gasteiger partial charge in [0.1, 0.15) is 37.5 Å². The number of methoxy groups -OCH3 is 2. The lowest BCUT2D eigenvalue weighted by Gasteiger charge is -2.44. The molecule has 0 unspecified atom stereocenters. The zero-order chi connectivity index (χ0) is 43.9. The summed E-state index contributed by atoms with van der Waals surface area (Å²) in [6.45, 7) is 4.04. The fourth-order valence-electron chi connectivity index (χ4n) is 5.60. The first-order chi connectivity index (χ1) is 27.2. The highest BCUT2D eigenvalue weighted by atomic mass is 16.7. The topological polar surface area (TPSA) is 331 Å². The van der Waals surface area contributed by atoms with Crippen LogP contribution in [0.25, 0.3) is 0 Å². The molecule has 2 fully saturated rings. The first-order valence-electron chi connectivity index (χ1n) is 17.4. The van der Waals surface area contributed by atoms with Crippen LogP contribution in [0.15, 0.2) is 0 Å². The second-order valence-electron chi connectivity index (χ2n) is 12.5. The molecule has 4 amide bonds. The van der Waals surface area contributed by atoms with E-state index < -0.39 is 153 Å². The largest absolute Gasteiger partial charge is 0.463 e. The van der Waals surface area contributed by atoms with Crippen molar-refractivity contribution >= 4 is 59.4 Å². The van der Waals surface area contributed by atoms with E-state index in [0.29, 0.717) is 0 Å². The van der Waals surface area contributed by atoms with Crippen LogP contribution < -0.4 is 21.3 Å². The Morgan fingerprint density at radius 3 is 1.09 bits per heavy atom. The van der Waals surface area contributed by atoms with Crippen molar-refractivity contribution < 1.29 is 100 Å². The number of esters is 6. The van der Waals surface area contributed by atoms with Crippen molar-refractivity contribution in [3.8, 4) is 0 Å². The maximum absolute atomic E-state index is 12.9. The van der Waals surface area contributed by atoms with Crippen LogP contribution in [0.5, 0.6) is 0 Å². The highest BCUT2D eigenvalue weighted by Crippen LogP contribution is 2.29. The van der Waals surface area contributed by atoms with Gasteiger partial charge < -0.3 is 73.7 Å². The monoisotopic (exact) mass is 836 g/mol. The molecule has 0 aromatic heterocycles. The molecular weight excluding hydrogens is 788 g/mol. The Morgan fingerprint density at radius 2 is 0.810 bits per heavy atom. The number of carbonyl (C=O) groups excluding carboxylic acids is 10. The summed E-state index contributed by atoms with van der Waals surface area (Å²) in [7, 11) is 2.30. The van der Waals surface area contributed by atoms with Gasteiger partial charge in [-0.15, -0.1) is 0 Å². The molecule has 2 rings (SSSR count). The van der Waals surface area contributed by atoms with E-state index in [0.717, 1.165) is 55.8 Å². The first-order valence-corrected chi connectivity index (χ1v) is 17.4. The van der Waals surface area contributed by atoms with E-state index in [1.165, 1.54) is 0 Å². The molecule has 0 bridgehead atoms. The van der Waals surface area contributed by atoms with Gasteiger partial charge in [0, 0.05) is 68.9 Å².